The molecule has 0 saturated carbocycles. The van der Waals surface area contributed by atoms with E-state index in [1.165, 1.54) is 0 Å². The summed E-state index contributed by atoms with van der Waals surface area (Å²) in [5.41, 5.74) is 0.836. The number of hydrogen-bond acceptors (Lipinski definition) is 7. The van der Waals surface area contributed by atoms with Crippen LogP contribution in [0.2, 0.25) is 0 Å². The first kappa shape index (κ1) is 22.0. The molecule has 0 aromatic carbocycles. The molecule has 1 rings (SSSR count). The molecule has 8 nitrogen and oxygen atoms in total. The normalized spacial score (nSPS) is 11.3. The van der Waals surface area contributed by atoms with Gasteiger partial charge in [-0.2, -0.15) is 0 Å². The predicted octanol–water partition coefficient (Wildman–Crippen LogP) is 1.42. The van der Waals surface area contributed by atoms with Crippen molar-refractivity contribution in [2.24, 2.45) is 0 Å². The number of aromatic nitrogens is 3. The molecule has 0 bridgehead atoms. The molecule has 0 saturated heterocycles. The first-order valence-corrected chi connectivity index (χ1v) is 9.09. The van der Waals surface area contributed by atoms with Gasteiger partial charge in [0.2, 0.25) is 0 Å². The Balaban J connectivity index is 1.92. The zero-order valence-electron chi connectivity index (χ0n) is 15.4. The van der Waals surface area contributed by atoms with E-state index in [1.807, 2.05) is 10.9 Å². The van der Waals surface area contributed by atoms with Crippen LogP contribution in [0.25, 0.3) is 0 Å². The Kier molecular flexibility index (Phi) is 14.4. The SMILES string of the molecule is COCCOCCOCCOCc1cn(CCCCCCCO)nn1. The van der Waals surface area contributed by atoms with Crippen LogP contribution in [0, 0.1) is 0 Å². The molecule has 8 heteroatoms. The lowest BCUT2D eigenvalue weighted by molar-refractivity contribution is 0.000456. The summed E-state index contributed by atoms with van der Waals surface area (Å²) in [5.74, 6) is 0. The zero-order chi connectivity index (χ0) is 18.0. The van der Waals surface area contributed by atoms with Crippen LogP contribution in [0.15, 0.2) is 6.20 Å². The maximum Gasteiger partial charge on any atom is 0.108 e. The van der Waals surface area contributed by atoms with Crippen molar-refractivity contribution in [3.8, 4) is 0 Å². The fourth-order valence-electron chi connectivity index (χ4n) is 2.19. The number of rotatable bonds is 18. The maximum atomic E-state index is 8.72. The van der Waals surface area contributed by atoms with Crippen molar-refractivity contribution >= 4 is 0 Å². The molecule has 0 atom stereocenters. The topological polar surface area (TPSA) is 87.9 Å². The van der Waals surface area contributed by atoms with Gasteiger partial charge in [0, 0.05) is 20.3 Å². The first-order valence-electron chi connectivity index (χ1n) is 9.09. The lowest BCUT2D eigenvalue weighted by Crippen LogP contribution is -2.11. The van der Waals surface area contributed by atoms with Crippen LogP contribution >= 0.6 is 0 Å². The number of hydrogen-bond donors (Lipinski definition) is 1. The van der Waals surface area contributed by atoms with Gasteiger partial charge in [-0.05, 0) is 12.8 Å². The van der Waals surface area contributed by atoms with E-state index in [0.717, 1.165) is 44.3 Å². The van der Waals surface area contributed by atoms with Gasteiger partial charge in [-0.3, -0.25) is 4.68 Å². The monoisotopic (exact) mass is 359 g/mol. The molecule has 0 aliphatic heterocycles. The van der Waals surface area contributed by atoms with E-state index in [9.17, 15) is 0 Å². The Morgan fingerprint density at radius 2 is 1.52 bits per heavy atom. The van der Waals surface area contributed by atoms with Gasteiger partial charge in [-0.1, -0.05) is 24.5 Å². The first-order chi connectivity index (χ1) is 12.4. The number of ether oxygens (including phenoxy) is 4. The Bertz CT molecular complexity index is 403. The number of aliphatic hydroxyl groups excluding tert-OH is 1. The molecule has 146 valence electrons. The summed E-state index contributed by atoms with van der Waals surface area (Å²) in [6.07, 6.45) is 7.30. The lowest BCUT2D eigenvalue weighted by Gasteiger charge is -2.05. The Morgan fingerprint density at radius 3 is 2.24 bits per heavy atom. The molecule has 1 N–H and O–H groups in total. The molecular weight excluding hydrogens is 326 g/mol. The molecule has 0 aliphatic rings. The third-order valence-corrected chi connectivity index (χ3v) is 3.56. The summed E-state index contributed by atoms with van der Waals surface area (Å²) >= 11 is 0. The standard InChI is InChI=1S/C17H33N3O5/c1-22-9-10-23-11-12-24-13-14-25-16-17-15-20(19-18-17)7-5-3-2-4-6-8-21/h15,21H,2-14,16H2,1H3. The summed E-state index contributed by atoms with van der Waals surface area (Å²) in [6.45, 7) is 5.00. The summed E-state index contributed by atoms with van der Waals surface area (Å²) in [4.78, 5) is 0. The van der Waals surface area contributed by atoms with Crippen LogP contribution in [-0.2, 0) is 32.1 Å². The highest BCUT2D eigenvalue weighted by molar-refractivity contribution is 4.89. The number of aliphatic hydroxyl groups is 1. The Morgan fingerprint density at radius 1 is 0.880 bits per heavy atom. The van der Waals surface area contributed by atoms with Gasteiger partial charge >= 0.3 is 0 Å². The van der Waals surface area contributed by atoms with E-state index < -0.39 is 0 Å². The minimum Gasteiger partial charge on any atom is -0.396 e. The zero-order valence-corrected chi connectivity index (χ0v) is 15.4. The number of unbranched alkanes of at least 4 members (excludes halogenated alkanes) is 4. The fraction of sp³-hybridized carbons (Fsp3) is 0.882. The molecule has 0 unspecified atom stereocenters. The van der Waals surface area contributed by atoms with Crippen molar-refractivity contribution in [1.29, 1.82) is 0 Å². The van der Waals surface area contributed by atoms with Gasteiger partial charge in [0.05, 0.1) is 52.4 Å². The van der Waals surface area contributed by atoms with Crippen molar-refractivity contribution in [3.05, 3.63) is 11.9 Å². The van der Waals surface area contributed by atoms with Crippen LogP contribution < -0.4 is 0 Å². The third kappa shape index (κ3) is 12.9. The van der Waals surface area contributed by atoms with E-state index >= 15 is 0 Å². The smallest absolute Gasteiger partial charge is 0.108 e. The molecule has 0 aliphatic carbocycles. The van der Waals surface area contributed by atoms with E-state index in [1.54, 1.807) is 7.11 Å². The fourth-order valence-corrected chi connectivity index (χ4v) is 2.19. The molecular formula is C17H33N3O5. The van der Waals surface area contributed by atoms with Crippen molar-refractivity contribution in [2.75, 3.05) is 53.4 Å². The quantitative estimate of drug-likeness (QED) is 0.397. The van der Waals surface area contributed by atoms with Crippen LogP contribution in [0.1, 0.15) is 37.8 Å². The van der Waals surface area contributed by atoms with E-state index in [4.69, 9.17) is 24.1 Å². The average molecular weight is 359 g/mol. The molecule has 0 fully saturated rings. The van der Waals surface area contributed by atoms with Crippen LogP contribution in [0.4, 0.5) is 0 Å². The summed E-state index contributed by atoms with van der Waals surface area (Å²) < 4.78 is 23.0. The summed E-state index contributed by atoms with van der Waals surface area (Å²) in [5, 5.41) is 16.9. The summed E-state index contributed by atoms with van der Waals surface area (Å²) in [6, 6.07) is 0. The number of methoxy groups -OCH3 is 1. The third-order valence-electron chi connectivity index (χ3n) is 3.56. The van der Waals surface area contributed by atoms with Gasteiger partial charge in [0.1, 0.15) is 5.69 Å². The second-order valence-corrected chi connectivity index (χ2v) is 5.73. The van der Waals surface area contributed by atoms with Crippen LogP contribution in [0.5, 0.6) is 0 Å². The Hall–Kier alpha value is -1.06. The highest BCUT2D eigenvalue weighted by Gasteiger charge is 2.01. The van der Waals surface area contributed by atoms with Crippen LogP contribution in [0.3, 0.4) is 0 Å². The average Bonchev–Trinajstić information content (AvgIpc) is 3.07. The minimum absolute atomic E-state index is 0.291. The molecule has 0 spiro atoms. The highest BCUT2D eigenvalue weighted by atomic mass is 16.6. The van der Waals surface area contributed by atoms with E-state index in [2.05, 4.69) is 10.3 Å². The van der Waals surface area contributed by atoms with Crippen molar-refractivity contribution in [3.63, 3.8) is 0 Å². The number of nitrogens with zero attached hydrogens (tertiary/aromatic N) is 3. The largest absolute Gasteiger partial charge is 0.396 e. The van der Waals surface area contributed by atoms with Gasteiger partial charge in [0.15, 0.2) is 0 Å². The maximum absolute atomic E-state index is 8.72. The highest BCUT2D eigenvalue weighted by Crippen LogP contribution is 2.04. The van der Waals surface area contributed by atoms with Gasteiger partial charge in [-0.25, -0.2) is 0 Å². The minimum atomic E-state index is 0.291. The molecule has 0 radical (unpaired) electrons. The summed E-state index contributed by atoms with van der Waals surface area (Å²) in [7, 11) is 1.65. The second kappa shape index (κ2) is 16.4. The number of aryl methyl sites for hydroxylation is 1. The predicted molar refractivity (Wildman–Crippen MR) is 93.4 cm³/mol. The van der Waals surface area contributed by atoms with Gasteiger partial charge in [0.25, 0.3) is 0 Å². The van der Waals surface area contributed by atoms with Gasteiger partial charge < -0.3 is 24.1 Å². The molecule has 1 aromatic heterocycles. The van der Waals surface area contributed by atoms with Crippen LogP contribution in [-0.4, -0.2) is 73.5 Å². The Labute approximate surface area is 150 Å². The molecule has 25 heavy (non-hydrogen) atoms. The van der Waals surface area contributed by atoms with E-state index in [0.29, 0.717) is 52.9 Å². The van der Waals surface area contributed by atoms with Gasteiger partial charge in [-0.15, -0.1) is 5.10 Å². The second-order valence-electron chi connectivity index (χ2n) is 5.73. The van der Waals surface area contributed by atoms with Crippen molar-refractivity contribution < 1.29 is 24.1 Å². The lowest BCUT2D eigenvalue weighted by atomic mass is 10.1. The molecule has 1 aromatic rings. The van der Waals surface area contributed by atoms with E-state index in [-0.39, 0.29) is 0 Å². The molecule has 0 amide bonds. The van der Waals surface area contributed by atoms with Crippen molar-refractivity contribution in [2.45, 2.75) is 45.3 Å². The molecule has 1 heterocycles. The van der Waals surface area contributed by atoms with Crippen molar-refractivity contribution in [1.82, 2.24) is 15.0 Å².